The number of thiophene rings is 1. The molecule has 0 fully saturated rings. The Hall–Kier alpha value is -0.0600. The maximum Gasteiger partial charge on any atom is 0.0849 e. The summed E-state index contributed by atoms with van der Waals surface area (Å²) < 4.78 is 1.29. The van der Waals surface area contributed by atoms with Gasteiger partial charge >= 0.3 is 0 Å². The number of benzene rings is 1. The van der Waals surface area contributed by atoms with E-state index in [1.807, 2.05) is 0 Å². The van der Waals surface area contributed by atoms with Crippen molar-refractivity contribution in [3.63, 3.8) is 0 Å². The van der Waals surface area contributed by atoms with Crippen LogP contribution in [0.3, 0.4) is 0 Å². The first-order valence-electron chi connectivity index (χ1n) is 6.29. The summed E-state index contributed by atoms with van der Waals surface area (Å²) in [4.78, 5) is 0. The van der Waals surface area contributed by atoms with Crippen LogP contribution in [-0.2, 0) is 0 Å². The Morgan fingerprint density at radius 2 is 1.42 bits per heavy atom. The maximum atomic E-state index is 6.76. The monoisotopic (exact) mass is 404 g/mol. The number of hydrogen-bond acceptors (Lipinski definition) is 1. The Kier molecular flexibility index (Phi) is 4.63. The Morgan fingerprint density at radius 3 is 1.84 bits per heavy atom. The zero-order valence-electron chi connectivity index (χ0n) is 11.9. The van der Waals surface area contributed by atoms with Gasteiger partial charge in [0.15, 0.2) is 0 Å². The molecule has 2 rings (SSSR count). The highest BCUT2D eigenvalue weighted by molar-refractivity contribution is 14.1. The van der Waals surface area contributed by atoms with Gasteiger partial charge in [-0.25, -0.2) is 0 Å². The van der Waals surface area contributed by atoms with E-state index in [1.165, 1.54) is 41.8 Å². The van der Waals surface area contributed by atoms with Gasteiger partial charge in [0.05, 0.1) is 8.26 Å². The van der Waals surface area contributed by atoms with Crippen LogP contribution in [-0.4, -0.2) is 0 Å². The van der Waals surface area contributed by atoms with Crippen LogP contribution >= 0.6 is 45.5 Å². The second kappa shape index (κ2) is 5.74. The molecule has 0 saturated heterocycles. The van der Waals surface area contributed by atoms with Crippen LogP contribution in [0.4, 0.5) is 0 Å². The molecule has 0 bridgehead atoms. The van der Waals surface area contributed by atoms with E-state index >= 15 is 0 Å². The largest absolute Gasteiger partial charge is 0.137 e. The van der Waals surface area contributed by atoms with Crippen molar-refractivity contribution in [1.29, 1.82) is 0 Å². The molecule has 0 spiro atoms. The van der Waals surface area contributed by atoms with Gasteiger partial charge < -0.3 is 0 Å². The average molecular weight is 405 g/mol. The minimum Gasteiger partial charge on any atom is -0.137 e. The molecule has 19 heavy (non-hydrogen) atoms. The molecule has 1 heterocycles. The molecule has 2 aromatic rings. The fraction of sp³-hybridized carbons (Fsp3) is 0.375. The van der Waals surface area contributed by atoms with Crippen molar-refractivity contribution in [3.05, 3.63) is 53.3 Å². The van der Waals surface area contributed by atoms with Crippen molar-refractivity contribution in [2.45, 2.75) is 40.0 Å². The van der Waals surface area contributed by atoms with Crippen LogP contribution in [0.5, 0.6) is 0 Å². The Morgan fingerprint density at radius 1 is 0.947 bits per heavy atom. The fourth-order valence-corrected chi connectivity index (χ4v) is 4.46. The molecular formula is C16H18ClIS. The Balaban J connectivity index is 2.63. The minimum absolute atomic E-state index is 0.0437. The summed E-state index contributed by atoms with van der Waals surface area (Å²) in [5, 5.41) is 2.13. The van der Waals surface area contributed by atoms with Gasteiger partial charge in [-0.2, -0.15) is 0 Å². The molecule has 0 amide bonds. The first-order chi connectivity index (χ1) is 8.84. The zero-order chi connectivity index (χ0) is 14.3. The summed E-state index contributed by atoms with van der Waals surface area (Å²) in [6.07, 6.45) is 0. The van der Waals surface area contributed by atoms with E-state index in [0.717, 1.165) is 0 Å². The molecule has 0 N–H and O–H groups in total. The van der Waals surface area contributed by atoms with Crippen molar-refractivity contribution in [1.82, 2.24) is 0 Å². The lowest BCUT2D eigenvalue weighted by Crippen LogP contribution is -2.05. The summed E-state index contributed by atoms with van der Waals surface area (Å²) >= 11 is 10.9. The van der Waals surface area contributed by atoms with Crippen LogP contribution in [0.25, 0.3) is 0 Å². The minimum atomic E-state index is -0.0437. The van der Waals surface area contributed by atoms with Gasteiger partial charge in [0.2, 0.25) is 0 Å². The molecule has 1 aromatic heterocycles. The van der Waals surface area contributed by atoms with Crippen molar-refractivity contribution < 1.29 is 0 Å². The Bertz CT molecular complexity index is 599. The predicted molar refractivity (Wildman–Crippen MR) is 94.9 cm³/mol. The lowest BCUT2D eigenvalue weighted by atomic mass is 9.87. The van der Waals surface area contributed by atoms with Gasteiger partial charge in [-0.3, -0.25) is 0 Å². The SMILES string of the molecule is Cc1c(C)c(C)c(C(Cl)c2csc(I)c2)c(C)c1C. The summed E-state index contributed by atoms with van der Waals surface area (Å²) in [6, 6.07) is 2.19. The lowest BCUT2D eigenvalue weighted by Gasteiger charge is -2.21. The lowest BCUT2D eigenvalue weighted by molar-refractivity contribution is 1.04. The summed E-state index contributed by atoms with van der Waals surface area (Å²) in [7, 11) is 0. The van der Waals surface area contributed by atoms with Crippen LogP contribution < -0.4 is 0 Å². The van der Waals surface area contributed by atoms with Crippen LogP contribution in [0.15, 0.2) is 11.4 Å². The van der Waals surface area contributed by atoms with Crippen molar-refractivity contribution in [2.75, 3.05) is 0 Å². The number of hydrogen-bond donors (Lipinski definition) is 0. The van der Waals surface area contributed by atoms with E-state index in [9.17, 15) is 0 Å². The average Bonchev–Trinajstić information content (AvgIpc) is 2.81. The van der Waals surface area contributed by atoms with Crippen molar-refractivity contribution >= 4 is 45.5 Å². The molecule has 1 atom stereocenters. The highest BCUT2D eigenvalue weighted by Gasteiger charge is 2.20. The van der Waals surface area contributed by atoms with Crippen LogP contribution in [0, 0.1) is 37.5 Å². The van der Waals surface area contributed by atoms with Gasteiger partial charge in [0.25, 0.3) is 0 Å². The molecule has 3 heteroatoms. The number of alkyl halides is 1. The molecule has 0 aliphatic carbocycles. The molecule has 0 nitrogen and oxygen atoms in total. The van der Waals surface area contributed by atoms with Gasteiger partial charge in [0.1, 0.15) is 0 Å². The number of rotatable bonds is 2. The van der Waals surface area contributed by atoms with E-state index in [4.69, 9.17) is 11.6 Å². The summed E-state index contributed by atoms with van der Waals surface area (Å²) in [5.74, 6) is 0. The third-order valence-corrected chi connectivity index (χ3v) is 6.47. The summed E-state index contributed by atoms with van der Waals surface area (Å²) in [5.41, 5.74) is 9.30. The molecule has 1 aromatic carbocycles. The first kappa shape index (κ1) is 15.3. The van der Waals surface area contributed by atoms with E-state index in [0.29, 0.717) is 0 Å². The van der Waals surface area contributed by atoms with Gasteiger partial charge in [0, 0.05) is 0 Å². The highest BCUT2D eigenvalue weighted by atomic mass is 127. The Labute approximate surface area is 138 Å². The topological polar surface area (TPSA) is 0 Å². The molecule has 0 aliphatic heterocycles. The quantitative estimate of drug-likeness (QED) is 0.411. The second-order valence-electron chi connectivity index (χ2n) is 5.09. The predicted octanol–water partition coefficient (Wildman–Crippen LogP) is 6.22. The molecule has 102 valence electrons. The van der Waals surface area contributed by atoms with Crippen molar-refractivity contribution in [2.24, 2.45) is 0 Å². The number of halogens is 2. The highest BCUT2D eigenvalue weighted by Crippen LogP contribution is 2.38. The van der Waals surface area contributed by atoms with Gasteiger partial charge in [-0.05, 0) is 108 Å². The normalized spacial score (nSPS) is 12.8. The third-order valence-electron chi connectivity index (χ3n) is 4.19. The van der Waals surface area contributed by atoms with E-state index in [-0.39, 0.29) is 5.38 Å². The van der Waals surface area contributed by atoms with Crippen molar-refractivity contribution in [3.8, 4) is 0 Å². The molecule has 1 unspecified atom stereocenters. The maximum absolute atomic E-state index is 6.76. The van der Waals surface area contributed by atoms with E-state index in [2.05, 4.69) is 68.7 Å². The molecule has 0 aliphatic rings. The van der Waals surface area contributed by atoms with Gasteiger partial charge in [-0.15, -0.1) is 22.9 Å². The standard InChI is InChI=1S/C16H18ClIS/c1-8-9(2)11(4)15(12(5)10(8)3)16(17)13-6-14(18)19-7-13/h6-7,16H,1-5H3. The van der Waals surface area contributed by atoms with E-state index in [1.54, 1.807) is 11.3 Å². The zero-order valence-corrected chi connectivity index (χ0v) is 15.6. The summed E-state index contributed by atoms with van der Waals surface area (Å²) in [6.45, 7) is 11.0. The molecule has 0 radical (unpaired) electrons. The smallest absolute Gasteiger partial charge is 0.0849 e. The van der Waals surface area contributed by atoms with E-state index < -0.39 is 0 Å². The fourth-order valence-electron chi connectivity index (χ4n) is 2.53. The molecular weight excluding hydrogens is 387 g/mol. The second-order valence-corrected chi connectivity index (χ2v) is 8.33. The third kappa shape index (κ3) is 2.72. The van der Waals surface area contributed by atoms with Crippen LogP contribution in [0.2, 0.25) is 0 Å². The first-order valence-corrected chi connectivity index (χ1v) is 8.69. The van der Waals surface area contributed by atoms with Gasteiger partial charge in [-0.1, -0.05) is 0 Å². The van der Waals surface area contributed by atoms with Crippen LogP contribution in [0.1, 0.15) is 44.3 Å². The molecule has 0 saturated carbocycles.